The Bertz CT molecular complexity index is 1190. The maximum absolute atomic E-state index is 14.7. The molecule has 3 aromatic rings. The molecular formula is C27H23F5. The van der Waals surface area contributed by atoms with E-state index in [1.807, 2.05) is 0 Å². The van der Waals surface area contributed by atoms with Crippen molar-refractivity contribution < 1.29 is 22.0 Å². The minimum atomic E-state index is -1.54. The molecule has 166 valence electrons. The molecule has 0 amide bonds. The first-order valence-corrected chi connectivity index (χ1v) is 11.0. The Kier molecular flexibility index (Phi) is 6.50. The number of fused-ring (bicyclic) bond motifs is 1. The summed E-state index contributed by atoms with van der Waals surface area (Å²) < 4.78 is 70.1. The predicted molar refractivity (Wildman–Crippen MR) is 116 cm³/mol. The van der Waals surface area contributed by atoms with Crippen LogP contribution in [-0.2, 0) is 0 Å². The predicted octanol–water partition coefficient (Wildman–Crippen LogP) is 8.01. The number of hydrogen-bond acceptors (Lipinski definition) is 0. The summed E-state index contributed by atoms with van der Waals surface area (Å²) in [4.78, 5) is 0. The van der Waals surface area contributed by atoms with Crippen LogP contribution in [0.5, 0.6) is 0 Å². The van der Waals surface area contributed by atoms with Gasteiger partial charge in [0.25, 0.3) is 0 Å². The SMILES string of the molecule is CCCC1CCC(c2cc(F)c(C#Cc3ccc4c(F)c(F)c(F)cc4c3)c(F)c2)CC1. The fraction of sp³-hybridized carbons (Fsp3) is 0.333. The second-order valence-electron chi connectivity index (χ2n) is 8.54. The summed E-state index contributed by atoms with van der Waals surface area (Å²) in [6.07, 6.45) is 6.38. The molecular weight excluding hydrogens is 419 g/mol. The highest BCUT2D eigenvalue weighted by Crippen LogP contribution is 2.38. The summed E-state index contributed by atoms with van der Waals surface area (Å²) in [7, 11) is 0. The third kappa shape index (κ3) is 4.50. The van der Waals surface area contributed by atoms with E-state index >= 15 is 0 Å². The number of hydrogen-bond donors (Lipinski definition) is 0. The Morgan fingerprint density at radius 2 is 1.47 bits per heavy atom. The van der Waals surface area contributed by atoms with E-state index < -0.39 is 29.1 Å². The fourth-order valence-corrected chi connectivity index (χ4v) is 4.66. The molecule has 0 radical (unpaired) electrons. The van der Waals surface area contributed by atoms with Crippen molar-refractivity contribution in [1.29, 1.82) is 0 Å². The average molecular weight is 442 g/mol. The highest BCUT2D eigenvalue weighted by atomic mass is 19.2. The molecule has 0 aromatic heterocycles. The van der Waals surface area contributed by atoms with Crippen LogP contribution in [0, 0.1) is 46.8 Å². The van der Waals surface area contributed by atoms with E-state index in [0.29, 0.717) is 17.0 Å². The maximum atomic E-state index is 14.7. The summed E-state index contributed by atoms with van der Waals surface area (Å²) in [6, 6.07) is 7.62. The van der Waals surface area contributed by atoms with Gasteiger partial charge in [-0.15, -0.1) is 0 Å². The van der Waals surface area contributed by atoms with Crippen molar-refractivity contribution in [2.45, 2.75) is 51.4 Å². The van der Waals surface area contributed by atoms with Crippen LogP contribution < -0.4 is 0 Å². The third-order valence-corrected chi connectivity index (χ3v) is 6.38. The highest BCUT2D eigenvalue weighted by molar-refractivity contribution is 5.84. The second kappa shape index (κ2) is 9.32. The zero-order valence-electron chi connectivity index (χ0n) is 17.8. The zero-order chi connectivity index (χ0) is 22.8. The first-order chi connectivity index (χ1) is 15.4. The molecule has 4 rings (SSSR count). The van der Waals surface area contributed by atoms with Crippen molar-refractivity contribution in [3.05, 3.63) is 82.2 Å². The molecule has 0 aliphatic heterocycles. The molecule has 0 atom stereocenters. The van der Waals surface area contributed by atoms with Crippen LogP contribution in [0.1, 0.15) is 68.1 Å². The lowest BCUT2D eigenvalue weighted by atomic mass is 9.77. The van der Waals surface area contributed by atoms with Gasteiger partial charge in [0, 0.05) is 10.9 Å². The van der Waals surface area contributed by atoms with Gasteiger partial charge in [-0.05, 0) is 78.8 Å². The lowest BCUT2D eigenvalue weighted by Crippen LogP contribution is -2.13. The minimum absolute atomic E-state index is 0.0928. The molecule has 32 heavy (non-hydrogen) atoms. The molecule has 3 aromatic carbocycles. The summed E-state index contributed by atoms with van der Waals surface area (Å²) >= 11 is 0. The van der Waals surface area contributed by atoms with Crippen molar-refractivity contribution in [2.75, 3.05) is 0 Å². The van der Waals surface area contributed by atoms with Gasteiger partial charge in [0.05, 0.1) is 5.56 Å². The van der Waals surface area contributed by atoms with Crippen LogP contribution in [-0.4, -0.2) is 0 Å². The van der Waals surface area contributed by atoms with Crippen LogP contribution >= 0.6 is 0 Å². The Morgan fingerprint density at radius 3 is 2.12 bits per heavy atom. The Morgan fingerprint density at radius 1 is 0.781 bits per heavy atom. The molecule has 1 aliphatic rings. The molecule has 5 heteroatoms. The van der Waals surface area contributed by atoms with Gasteiger partial charge in [-0.3, -0.25) is 0 Å². The smallest absolute Gasteiger partial charge is 0.195 e. The number of rotatable bonds is 3. The van der Waals surface area contributed by atoms with Crippen LogP contribution in [0.25, 0.3) is 10.8 Å². The molecule has 0 saturated heterocycles. The van der Waals surface area contributed by atoms with Gasteiger partial charge in [-0.25, -0.2) is 22.0 Å². The minimum Gasteiger partial charge on any atom is -0.206 e. The van der Waals surface area contributed by atoms with Crippen molar-refractivity contribution >= 4 is 10.8 Å². The van der Waals surface area contributed by atoms with Crippen LogP contribution in [0.15, 0.2) is 36.4 Å². The normalized spacial score (nSPS) is 18.4. The molecule has 0 spiro atoms. The fourth-order valence-electron chi connectivity index (χ4n) is 4.66. The lowest BCUT2D eigenvalue weighted by Gasteiger charge is -2.28. The van der Waals surface area contributed by atoms with E-state index in [1.54, 1.807) is 0 Å². The van der Waals surface area contributed by atoms with Gasteiger partial charge < -0.3 is 0 Å². The number of benzene rings is 3. The standard InChI is InChI=1S/C27H23F5/c1-2-3-16-4-8-18(9-5-16)19-13-23(28)22(24(29)14-19)11-7-17-6-10-21-20(12-17)15-25(30)27(32)26(21)31/h6,10,12-16,18H,2-5,8-9H2,1H3. The van der Waals surface area contributed by atoms with Gasteiger partial charge in [-0.1, -0.05) is 37.7 Å². The van der Waals surface area contributed by atoms with Crippen LogP contribution in [0.2, 0.25) is 0 Å². The summed E-state index contributed by atoms with van der Waals surface area (Å²) in [6.45, 7) is 2.17. The lowest BCUT2D eigenvalue weighted by molar-refractivity contribution is 0.307. The van der Waals surface area contributed by atoms with E-state index in [2.05, 4.69) is 18.8 Å². The highest BCUT2D eigenvalue weighted by Gasteiger charge is 2.23. The molecule has 0 nitrogen and oxygen atoms in total. The quantitative estimate of drug-likeness (QED) is 0.219. The van der Waals surface area contributed by atoms with Gasteiger partial charge >= 0.3 is 0 Å². The molecule has 1 fully saturated rings. The van der Waals surface area contributed by atoms with E-state index in [0.717, 1.165) is 38.2 Å². The van der Waals surface area contributed by atoms with Crippen LogP contribution in [0.3, 0.4) is 0 Å². The van der Waals surface area contributed by atoms with Crippen molar-refractivity contribution in [3.63, 3.8) is 0 Å². The molecule has 1 aliphatic carbocycles. The van der Waals surface area contributed by atoms with E-state index in [1.165, 1.54) is 36.8 Å². The summed E-state index contributed by atoms with van der Waals surface area (Å²) in [5.41, 5.74) is 0.629. The first-order valence-electron chi connectivity index (χ1n) is 11.0. The topological polar surface area (TPSA) is 0 Å². The monoisotopic (exact) mass is 442 g/mol. The van der Waals surface area contributed by atoms with E-state index in [-0.39, 0.29) is 22.3 Å². The molecule has 0 heterocycles. The Hall–Kier alpha value is -2.87. The molecule has 0 bridgehead atoms. The number of halogens is 5. The maximum Gasteiger partial charge on any atom is 0.195 e. The van der Waals surface area contributed by atoms with Crippen molar-refractivity contribution in [1.82, 2.24) is 0 Å². The largest absolute Gasteiger partial charge is 0.206 e. The Labute approximate surface area is 184 Å². The van der Waals surface area contributed by atoms with Gasteiger partial charge in [0.15, 0.2) is 17.5 Å². The Balaban J connectivity index is 1.58. The van der Waals surface area contributed by atoms with E-state index in [9.17, 15) is 22.0 Å². The average Bonchev–Trinajstić information content (AvgIpc) is 2.77. The first kappa shape index (κ1) is 22.3. The zero-order valence-corrected chi connectivity index (χ0v) is 17.8. The van der Waals surface area contributed by atoms with E-state index in [4.69, 9.17) is 0 Å². The van der Waals surface area contributed by atoms with Crippen molar-refractivity contribution in [2.24, 2.45) is 5.92 Å². The second-order valence-corrected chi connectivity index (χ2v) is 8.54. The molecule has 0 unspecified atom stereocenters. The summed E-state index contributed by atoms with van der Waals surface area (Å²) in [5.74, 6) is 0.420. The van der Waals surface area contributed by atoms with Gasteiger partial charge in [0.2, 0.25) is 0 Å². The third-order valence-electron chi connectivity index (χ3n) is 6.38. The molecule has 0 N–H and O–H groups in total. The van der Waals surface area contributed by atoms with Crippen molar-refractivity contribution in [3.8, 4) is 11.8 Å². The van der Waals surface area contributed by atoms with Gasteiger partial charge in [-0.2, -0.15) is 0 Å². The molecule has 1 saturated carbocycles. The summed E-state index contributed by atoms with van der Waals surface area (Å²) in [5, 5.41) is 0.0213. The van der Waals surface area contributed by atoms with Gasteiger partial charge in [0.1, 0.15) is 11.6 Å². The van der Waals surface area contributed by atoms with Crippen LogP contribution in [0.4, 0.5) is 22.0 Å².